The molecule has 9 aromatic carbocycles. The first-order chi connectivity index (χ1) is 28.8. The van der Waals surface area contributed by atoms with Crippen LogP contribution >= 0.6 is 11.3 Å². The summed E-state index contributed by atoms with van der Waals surface area (Å²) in [4.78, 5) is 5.24. The van der Waals surface area contributed by atoms with Crippen molar-refractivity contribution < 1.29 is 0 Å². The van der Waals surface area contributed by atoms with Gasteiger partial charge in [0.2, 0.25) is 0 Å². The molecule has 1 spiro atoms. The SMILES string of the molecule is c1ccc(-c2nc3ccccc3c3c2ccc2c4cccc(-c5ccccc5-c5ccc6c(c5)C5(c7ccccc7-c7ccccc75)c5ccccc5-6)c4sc23)cc1. The zero-order valence-electron chi connectivity index (χ0n) is 31.4. The summed E-state index contributed by atoms with van der Waals surface area (Å²) in [6.07, 6.45) is 0. The third kappa shape index (κ3) is 4.17. The van der Waals surface area contributed by atoms with E-state index in [0.717, 1.165) is 16.8 Å². The largest absolute Gasteiger partial charge is 0.247 e. The smallest absolute Gasteiger partial charge is 0.0788 e. The molecule has 1 nitrogen and oxygen atoms in total. The highest BCUT2D eigenvalue weighted by Crippen LogP contribution is 2.63. The number of hydrogen-bond donors (Lipinski definition) is 0. The molecule has 58 heavy (non-hydrogen) atoms. The molecule has 268 valence electrons. The first kappa shape index (κ1) is 32.0. The molecule has 2 heteroatoms. The molecule has 0 saturated heterocycles. The highest BCUT2D eigenvalue weighted by atomic mass is 32.1. The third-order valence-electron chi connectivity index (χ3n) is 12.9. The number of para-hydroxylation sites is 1. The Hall–Kier alpha value is -7.13. The van der Waals surface area contributed by atoms with Gasteiger partial charge >= 0.3 is 0 Å². The van der Waals surface area contributed by atoms with E-state index in [1.54, 1.807) is 0 Å². The van der Waals surface area contributed by atoms with Crippen LogP contribution in [0.15, 0.2) is 200 Å². The Morgan fingerprint density at radius 1 is 0.328 bits per heavy atom. The topological polar surface area (TPSA) is 12.9 Å². The number of thiophene rings is 1. The summed E-state index contributed by atoms with van der Waals surface area (Å²) in [6.45, 7) is 0. The summed E-state index contributed by atoms with van der Waals surface area (Å²) in [5.41, 5.74) is 18.6. The van der Waals surface area contributed by atoms with Gasteiger partial charge in [0, 0.05) is 47.5 Å². The summed E-state index contributed by atoms with van der Waals surface area (Å²) in [5, 5.41) is 6.24. The van der Waals surface area contributed by atoms with Crippen molar-refractivity contribution in [2.75, 3.05) is 0 Å². The maximum absolute atomic E-state index is 5.24. The van der Waals surface area contributed by atoms with E-state index >= 15 is 0 Å². The highest BCUT2D eigenvalue weighted by Gasteiger charge is 2.51. The number of benzene rings is 9. The van der Waals surface area contributed by atoms with Crippen molar-refractivity contribution in [1.29, 1.82) is 0 Å². The normalized spacial score (nSPS) is 13.3. The van der Waals surface area contributed by atoms with Gasteiger partial charge < -0.3 is 0 Å². The van der Waals surface area contributed by atoms with E-state index in [9.17, 15) is 0 Å². The van der Waals surface area contributed by atoms with Crippen LogP contribution < -0.4 is 0 Å². The zero-order valence-corrected chi connectivity index (χ0v) is 32.2. The second-order valence-electron chi connectivity index (χ2n) is 15.7. The van der Waals surface area contributed by atoms with E-state index in [0.29, 0.717) is 0 Å². The molecule has 2 aliphatic carbocycles. The molecule has 2 heterocycles. The minimum absolute atomic E-state index is 0.382. The third-order valence-corrected chi connectivity index (χ3v) is 14.2. The van der Waals surface area contributed by atoms with Crippen molar-refractivity contribution in [2.45, 2.75) is 5.41 Å². The lowest BCUT2D eigenvalue weighted by atomic mass is 9.70. The molecule has 11 aromatic rings. The summed E-state index contributed by atoms with van der Waals surface area (Å²) in [5.74, 6) is 0. The molecule has 0 radical (unpaired) electrons. The van der Waals surface area contributed by atoms with Crippen LogP contribution in [0.3, 0.4) is 0 Å². The average Bonchev–Trinajstić information content (AvgIpc) is 3.93. The van der Waals surface area contributed by atoms with Crippen molar-refractivity contribution in [3.8, 4) is 55.8 Å². The molecule has 2 aromatic heterocycles. The number of nitrogens with zero attached hydrogens (tertiary/aromatic N) is 1. The molecule has 2 aliphatic rings. The Morgan fingerprint density at radius 2 is 0.862 bits per heavy atom. The van der Waals surface area contributed by atoms with Crippen molar-refractivity contribution in [3.05, 3.63) is 222 Å². The first-order valence-electron chi connectivity index (χ1n) is 20.0. The van der Waals surface area contributed by atoms with Crippen LogP contribution in [-0.4, -0.2) is 4.98 Å². The van der Waals surface area contributed by atoms with Crippen LogP contribution in [0, 0.1) is 0 Å². The fourth-order valence-corrected chi connectivity index (χ4v) is 11.9. The molecule has 0 aliphatic heterocycles. The van der Waals surface area contributed by atoms with E-state index < -0.39 is 0 Å². The van der Waals surface area contributed by atoms with E-state index in [1.165, 1.54) is 103 Å². The quantitative estimate of drug-likeness (QED) is 0.164. The number of hydrogen-bond acceptors (Lipinski definition) is 2. The number of pyridine rings is 1. The summed E-state index contributed by atoms with van der Waals surface area (Å²) in [7, 11) is 0. The van der Waals surface area contributed by atoms with Gasteiger partial charge in [-0.05, 0) is 73.3 Å². The lowest BCUT2D eigenvalue weighted by Crippen LogP contribution is -2.25. The van der Waals surface area contributed by atoms with Gasteiger partial charge in [0.25, 0.3) is 0 Å². The lowest BCUT2D eigenvalue weighted by Gasteiger charge is -2.30. The van der Waals surface area contributed by atoms with Crippen LogP contribution in [0.1, 0.15) is 22.3 Å². The van der Waals surface area contributed by atoms with Gasteiger partial charge in [0.05, 0.1) is 16.6 Å². The van der Waals surface area contributed by atoms with Crippen LogP contribution in [0.25, 0.3) is 97.6 Å². The predicted octanol–water partition coefficient (Wildman–Crippen LogP) is 15.1. The van der Waals surface area contributed by atoms with Gasteiger partial charge in [-0.3, -0.25) is 0 Å². The number of fused-ring (bicyclic) bond motifs is 17. The lowest BCUT2D eigenvalue weighted by molar-refractivity contribution is 0.794. The van der Waals surface area contributed by atoms with E-state index in [-0.39, 0.29) is 5.41 Å². The van der Waals surface area contributed by atoms with Crippen LogP contribution in [0.4, 0.5) is 0 Å². The van der Waals surface area contributed by atoms with Gasteiger partial charge in [-0.25, -0.2) is 4.98 Å². The van der Waals surface area contributed by atoms with Gasteiger partial charge in [-0.2, -0.15) is 0 Å². The Labute approximate surface area is 340 Å². The molecule has 0 bridgehead atoms. The Morgan fingerprint density at radius 3 is 1.59 bits per heavy atom. The van der Waals surface area contributed by atoms with E-state index in [2.05, 4.69) is 200 Å². The van der Waals surface area contributed by atoms with Gasteiger partial charge in [-0.15, -0.1) is 11.3 Å². The second kappa shape index (κ2) is 11.9. The molecule has 0 saturated carbocycles. The standard InChI is InChI=1S/C56H33NS/c1-2-15-34(16-3-1)53-46-32-31-44-43-24-14-23-42(54(43)58-55(44)52(46)45-22-9-13-28-51(45)57-53)37-18-5-4-17-36(37)35-29-30-41-40-21-8-12-27-49(40)56(50(41)33-35)47-25-10-6-19-38(47)39-20-7-11-26-48(39)56/h1-33H. The number of aromatic nitrogens is 1. The van der Waals surface area contributed by atoms with Crippen LogP contribution in [0.2, 0.25) is 0 Å². The second-order valence-corrected chi connectivity index (χ2v) is 16.7. The number of rotatable bonds is 3. The van der Waals surface area contributed by atoms with E-state index in [4.69, 9.17) is 4.98 Å². The summed E-state index contributed by atoms with van der Waals surface area (Å²) < 4.78 is 2.62. The van der Waals surface area contributed by atoms with E-state index in [1.807, 2.05) is 11.3 Å². The molecule has 0 amide bonds. The van der Waals surface area contributed by atoms with Gasteiger partial charge in [0.15, 0.2) is 0 Å². The minimum atomic E-state index is -0.382. The zero-order chi connectivity index (χ0) is 38.0. The Balaban J connectivity index is 1.05. The monoisotopic (exact) mass is 751 g/mol. The molecule has 0 fully saturated rings. The Bertz CT molecular complexity index is 3450. The minimum Gasteiger partial charge on any atom is -0.247 e. The fourth-order valence-electron chi connectivity index (χ4n) is 10.6. The average molecular weight is 752 g/mol. The molecular weight excluding hydrogens is 719 g/mol. The predicted molar refractivity (Wildman–Crippen MR) is 245 cm³/mol. The van der Waals surface area contributed by atoms with Crippen molar-refractivity contribution in [1.82, 2.24) is 4.98 Å². The highest BCUT2D eigenvalue weighted by molar-refractivity contribution is 7.27. The van der Waals surface area contributed by atoms with Crippen LogP contribution in [-0.2, 0) is 5.41 Å². The van der Waals surface area contributed by atoms with Crippen molar-refractivity contribution in [2.24, 2.45) is 0 Å². The molecular formula is C56H33NS. The molecule has 13 rings (SSSR count). The maximum atomic E-state index is 5.24. The summed E-state index contributed by atoms with van der Waals surface area (Å²) in [6, 6.07) is 74.2. The molecule has 0 atom stereocenters. The van der Waals surface area contributed by atoms with Crippen LogP contribution in [0.5, 0.6) is 0 Å². The fraction of sp³-hybridized carbons (Fsp3) is 0.0179. The molecule has 0 N–H and O–H groups in total. The van der Waals surface area contributed by atoms with Crippen molar-refractivity contribution in [3.63, 3.8) is 0 Å². The Kier molecular flexibility index (Phi) is 6.59. The molecule has 0 unspecified atom stereocenters. The van der Waals surface area contributed by atoms with Gasteiger partial charge in [-0.1, -0.05) is 188 Å². The summed E-state index contributed by atoms with van der Waals surface area (Å²) >= 11 is 1.92. The van der Waals surface area contributed by atoms with Gasteiger partial charge in [0.1, 0.15) is 0 Å². The first-order valence-corrected chi connectivity index (χ1v) is 20.9. The maximum Gasteiger partial charge on any atom is 0.0788 e. The van der Waals surface area contributed by atoms with Crippen molar-refractivity contribution >= 4 is 53.2 Å².